The van der Waals surface area contributed by atoms with E-state index in [1.165, 1.54) is 7.05 Å². The number of nitriles is 1. The minimum absolute atomic E-state index is 0.105. The van der Waals surface area contributed by atoms with Gasteiger partial charge in [0.25, 0.3) is 5.91 Å². The minimum atomic E-state index is -0.907. The molecule has 1 aromatic carbocycles. The zero-order valence-corrected chi connectivity index (χ0v) is 18.8. The second-order valence-electron chi connectivity index (χ2n) is 8.10. The quantitative estimate of drug-likeness (QED) is 0.622. The fourth-order valence-electron chi connectivity index (χ4n) is 4.13. The van der Waals surface area contributed by atoms with Crippen LogP contribution in [-0.2, 0) is 16.0 Å². The van der Waals surface area contributed by atoms with Crippen LogP contribution in [0.25, 0.3) is 16.9 Å². The molecule has 2 amide bonds. The number of fused-ring (bicyclic) bond motifs is 1. The van der Waals surface area contributed by atoms with E-state index in [1.807, 2.05) is 19.1 Å². The van der Waals surface area contributed by atoms with Crippen molar-refractivity contribution in [2.75, 3.05) is 26.7 Å². The summed E-state index contributed by atoms with van der Waals surface area (Å²) in [5.41, 5.74) is 1.58. The first-order chi connectivity index (χ1) is 16.3. The van der Waals surface area contributed by atoms with Crippen LogP contribution in [0.2, 0.25) is 0 Å². The maximum atomic E-state index is 15.1. The summed E-state index contributed by atoms with van der Waals surface area (Å²) in [5, 5.41) is 11.2. The van der Waals surface area contributed by atoms with E-state index < -0.39 is 23.6 Å². The highest BCUT2D eigenvalue weighted by Crippen LogP contribution is 2.32. The number of morpholine rings is 1. The Morgan fingerprint density at radius 1 is 1.29 bits per heavy atom. The van der Waals surface area contributed by atoms with Gasteiger partial charge in [0.15, 0.2) is 0 Å². The number of aromatic nitrogens is 2. The molecule has 0 spiro atoms. The highest BCUT2D eigenvalue weighted by Gasteiger charge is 2.29. The van der Waals surface area contributed by atoms with Crippen LogP contribution in [0.4, 0.5) is 8.78 Å². The number of carbonyl (C=O) groups is 2. The molecule has 0 radical (unpaired) electrons. The summed E-state index contributed by atoms with van der Waals surface area (Å²) in [6, 6.07) is 7.47. The largest absolute Gasteiger partial charge is 0.374 e. The van der Waals surface area contributed by atoms with Crippen molar-refractivity contribution in [3.63, 3.8) is 0 Å². The summed E-state index contributed by atoms with van der Waals surface area (Å²) < 4.78 is 37.8. The molecular weight excluding hydrogens is 444 g/mol. The Kier molecular flexibility index (Phi) is 6.56. The predicted molar refractivity (Wildman–Crippen MR) is 119 cm³/mol. The summed E-state index contributed by atoms with van der Waals surface area (Å²) in [4.78, 5) is 30.1. The van der Waals surface area contributed by atoms with Crippen LogP contribution in [-0.4, -0.2) is 58.9 Å². The molecule has 8 nitrogen and oxygen atoms in total. The van der Waals surface area contributed by atoms with E-state index >= 15 is 8.78 Å². The van der Waals surface area contributed by atoms with Crippen molar-refractivity contribution in [2.45, 2.75) is 25.9 Å². The summed E-state index contributed by atoms with van der Waals surface area (Å²) in [6.07, 6.45) is 1.33. The zero-order valence-electron chi connectivity index (χ0n) is 18.8. The van der Waals surface area contributed by atoms with E-state index in [9.17, 15) is 9.59 Å². The molecule has 1 N–H and O–H groups in total. The standard InChI is InChI=1S/C24H23F2N5O3/c1-14-4-6-31-19(12-16-13-30(7-8-34-16)21(32)3-5-27)23(29-20(31)9-14)22-17(25)10-15(11-18(22)26)24(33)28-2/h4,6,9-11,16H,3,7-8,12-13H2,1-2H3,(H,28,33). The van der Waals surface area contributed by atoms with Gasteiger partial charge in [-0.15, -0.1) is 0 Å². The van der Waals surface area contributed by atoms with E-state index in [-0.39, 0.29) is 48.7 Å². The molecule has 1 saturated heterocycles. The van der Waals surface area contributed by atoms with Gasteiger partial charge in [-0.25, -0.2) is 13.8 Å². The number of rotatable bonds is 5. The predicted octanol–water partition coefficient (Wildman–Crippen LogP) is 2.63. The maximum Gasteiger partial charge on any atom is 0.251 e. The number of pyridine rings is 1. The van der Waals surface area contributed by atoms with Crippen LogP contribution in [0.3, 0.4) is 0 Å². The second-order valence-corrected chi connectivity index (χ2v) is 8.10. The average molecular weight is 467 g/mol. The number of amides is 2. The first-order valence-corrected chi connectivity index (χ1v) is 10.8. The number of benzene rings is 1. The lowest BCUT2D eigenvalue weighted by atomic mass is 10.0. The van der Waals surface area contributed by atoms with Gasteiger partial charge in [-0.05, 0) is 36.8 Å². The molecule has 176 valence electrons. The Hall–Kier alpha value is -3.84. The topological polar surface area (TPSA) is 99.7 Å². The Bertz CT molecular complexity index is 1290. The van der Waals surface area contributed by atoms with Gasteiger partial charge in [0, 0.05) is 38.3 Å². The van der Waals surface area contributed by atoms with Gasteiger partial charge in [-0.2, -0.15) is 5.26 Å². The third-order valence-electron chi connectivity index (χ3n) is 5.79. The van der Waals surface area contributed by atoms with Crippen molar-refractivity contribution in [3.05, 3.63) is 58.9 Å². The number of imidazole rings is 1. The van der Waals surface area contributed by atoms with Gasteiger partial charge in [-0.1, -0.05) is 0 Å². The second kappa shape index (κ2) is 9.57. The molecule has 0 saturated carbocycles. The molecule has 1 unspecified atom stereocenters. The molecule has 10 heteroatoms. The molecule has 4 rings (SSSR count). The number of nitrogens with zero attached hydrogens (tertiary/aromatic N) is 4. The number of carbonyl (C=O) groups excluding carboxylic acids is 2. The van der Waals surface area contributed by atoms with Crippen molar-refractivity contribution in [1.29, 1.82) is 5.26 Å². The monoisotopic (exact) mass is 467 g/mol. The average Bonchev–Trinajstić information content (AvgIpc) is 3.15. The van der Waals surface area contributed by atoms with E-state index in [0.29, 0.717) is 17.9 Å². The number of halogens is 2. The fraction of sp³-hybridized carbons (Fsp3) is 0.333. The molecule has 1 aliphatic heterocycles. The van der Waals surface area contributed by atoms with Gasteiger partial charge in [0.05, 0.1) is 35.7 Å². The van der Waals surface area contributed by atoms with Gasteiger partial charge in [0.1, 0.15) is 23.7 Å². The van der Waals surface area contributed by atoms with E-state index in [2.05, 4.69) is 10.3 Å². The maximum absolute atomic E-state index is 15.1. The van der Waals surface area contributed by atoms with Crippen LogP contribution in [0, 0.1) is 29.9 Å². The number of aryl methyl sites for hydroxylation is 1. The highest BCUT2D eigenvalue weighted by atomic mass is 19.1. The highest BCUT2D eigenvalue weighted by molar-refractivity contribution is 5.94. The van der Waals surface area contributed by atoms with E-state index in [1.54, 1.807) is 21.6 Å². The molecule has 2 aromatic heterocycles. The van der Waals surface area contributed by atoms with Gasteiger partial charge >= 0.3 is 0 Å². The van der Waals surface area contributed by atoms with Crippen LogP contribution in [0.15, 0.2) is 30.5 Å². The van der Waals surface area contributed by atoms with Gasteiger partial charge < -0.3 is 19.4 Å². The van der Waals surface area contributed by atoms with Crippen molar-refractivity contribution in [2.24, 2.45) is 0 Å². The summed E-state index contributed by atoms with van der Waals surface area (Å²) in [6.45, 7) is 2.80. The molecule has 1 atom stereocenters. The summed E-state index contributed by atoms with van der Waals surface area (Å²) >= 11 is 0. The van der Waals surface area contributed by atoms with Crippen LogP contribution >= 0.6 is 0 Å². The van der Waals surface area contributed by atoms with Crippen molar-refractivity contribution < 1.29 is 23.1 Å². The Labute approximate surface area is 194 Å². The molecule has 0 bridgehead atoms. The molecule has 3 heterocycles. The summed E-state index contributed by atoms with van der Waals surface area (Å²) in [7, 11) is 1.38. The third-order valence-corrected chi connectivity index (χ3v) is 5.79. The number of nitrogens with one attached hydrogen (secondary N) is 1. The van der Waals surface area contributed by atoms with E-state index in [4.69, 9.17) is 10.00 Å². The molecular formula is C24H23F2N5O3. The summed E-state index contributed by atoms with van der Waals surface area (Å²) in [5.74, 6) is -2.70. The van der Waals surface area contributed by atoms with Crippen LogP contribution in [0.5, 0.6) is 0 Å². The Morgan fingerprint density at radius 2 is 2.03 bits per heavy atom. The number of ether oxygens (including phenoxy) is 1. The first-order valence-electron chi connectivity index (χ1n) is 10.8. The van der Waals surface area contributed by atoms with E-state index in [0.717, 1.165) is 17.7 Å². The molecule has 0 aliphatic carbocycles. The smallest absolute Gasteiger partial charge is 0.251 e. The zero-order chi connectivity index (χ0) is 24.4. The molecule has 1 aliphatic rings. The first kappa shape index (κ1) is 23.3. The van der Waals surface area contributed by atoms with Gasteiger partial charge in [-0.3, -0.25) is 9.59 Å². The third kappa shape index (κ3) is 4.47. The van der Waals surface area contributed by atoms with Crippen molar-refractivity contribution in [3.8, 4) is 17.3 Å². The molecule has 34 heavy (non-hydrogen) atoms. The van der Waals surface area contributed by atoms with Crippen molar-refractivity contribution >= 4 is 17.5 Å². The van der Waals surface area contributed by atoms with Crippen molar-refractivity contribution in [1.82, 2.24) is 19.6 Å². The SMILES string of the molecule is CNC(=O)c1cc(F)c(-c2nc3cc(C)ccn3c2CC2CN(C(=O)CC#N)CCO2)c(F)c1. The lowest BCUT2D eigenvalue weighted by molar-refractivity contribution is -0.137. The van der Waals surface area contributed by atoms with Crippen LogP contribution < -0.4 is 5.32 Å². The Balaban J connectivity index is 1.77. The lowest BCUT2D eigenvalue weighted by Gasteiger charge is -2.32. The molecule has 3 aromatic rings. The Morgan fingerprint density at radius 3 is 2.71 bits per heavy atom. The number of hydrogen-bond donors (Lipinski definition) is 1. The normalized spacial score (nSPS) is 15.9. The number of hydrogen-bond acceptors (Lipinski definition) is 5. The van der Waals surface area contributed by atoms with Gasteiger partial charge in [0.2, 0.25) is 5.91 Å². The molecule has 1 fully saturated rings. The minimum Gasteiger partial charge on any atom is -0.374 e. The fourth-order valence-corrected chi connectivity index (χ4v) is 4.13. The lowest BCUT2D eigenvalue weighted by Crippen LogP contribution is -2.46. The van der Waals surface area contributed by atoms with Crippen LogP contribution in [0.1, 0.15) is 28.0 Å².